The van der Waals surface area contributed by atoms with Crippen LogP contribution in [0.5, 0.6) is 11.5 Å². The average Bonchev–Trinajstić information content (AvgIpc) is 2.89. The van der Waals surface area contributed by atoms with E-state index in [1.807, 2.05) is 0 Å². The number of carbonyl (C=O) groups is 1. The third kappa shape index (κ3) is 1.69. The van der Waals surface area contributed by atoms with Gasteiger partial charge in [-0.2, -0.15) is 0 Å². The van der Waals surface area contributed by atoms with E-state index in [9.17, 15) is 15.0 Å². The molecule has 0 aliphatic carbocycles. The molecule has 0 spiro atoms. The number of ether oxygens (including phenoxy) is 2. The third-order valence-corrected chi connectivity index (χ3v) is 3.63. The van der Waals surface area contributed by atoms with Crippen molar-refractivity contribution in [3.05, 3.63) is 22.3 Å². The van der Waals surface area contributed by atoms with Crippen LogP contribution in [0.1, 0.15) is 40.9 Å². The molecule has 0 saturated carbocycles. The smallest absolute Gasteiger partial charge is 0.339 e. The molecule has 3 rings (SSSR count). The number of aromatic carboxylic acids is 1. The van der Waals surface area contributed by atoms with Crippen LogP contribution in [0.15, 0.2) is 0 Å². The first-order valence-corrected chi connectivity index (χ1v) is 6.34. The van der Waals surface area contributed by atoms with E-state index >= 15 is 0 Å². The van der Waals surface area contributed by atoms with Gasteiger partial charge in [-0.1, -0.05) is 0 Å². The number of fused-ring (bicyclic) bond motifs is 2. The molecule has 0 bridgehead atoms. The van der Waals surface area contributed by atoms with E-state index < -0.39 is 11.6 Å². The van der Waals surface area contributed by atoms with E-state index in [1.54, 1.807) is 13.8 Å². The minimum absolute atomic E-state index is 0.202. The van der Waals surface area contributed by atoms with Crippen LogP contribution in [0.3, 0.4) is 0 Å². The summed E-state index contributed by atoms with van der Waals surface area (Å²) in [6.07, 6.45) is 1.14. The van der Waals surface area contributed by atoms with Crippen LogP contribution in [-0.2, 0) is 18.4 Å². The molecule has 0 amide bonds. The predicted octanol–water partition coefficient (Wildman–Crippen LogP) is 1.48. The highest BCUT2D eigenvalue weighted by Crippen LogP contribution is 2.48. The van der Waals surface area contributed by atoms with Gasteiger partial charge < -0.3 is 19.7 Å². The first-order chi connectivity index (χ1) is 8.91. The summed E-state index contributed by atoms with van der Waals surface area (Å²) in [5.74, 6) is -0.0507. The number of hydrogen-bond acceptors (Lipinski definition) is 4. The molecule has 5 nitrogen and oxygen atoms in total. The molecule has 102 valence electrons. The Morgan fingerprint density at radius 1 is 1.11 bits per heavy atom. The summed E-state index contributed by atoms with van der Waals surface area (Å²) in [5, 5.41) is 19.8. The van der Waals surface area contributed by atoms with Gasteiger partial charge in [-0.05, 0) is 13.8 Å². The maximum Gasteiger partial charge on any atom is 0.339 e. The van der Waals surface area contributed by atoms with E-state index in [1.165, 1.54) is 0 Å². The lowest BCUT2D eigenvalue weighted by Crippen LogP contribution is -2.20. The van der Waals surface area contributed by atoms with Crippen molar-refractivity contribution in [1.29, 1.82) is 0 Å². The highest BCUT2D eigenvalue weighted by atomic mass is 16.5. The Labute approximate surface area is 110 Å². The molecule has 1 aromatic rings. The quantitative estimate of drug-likeness (QED) is 0.846. The number of aliphatic hydroxyl groups is 1. The summed E-state index contributed by atoms with van der Waals surface area (Å²) >= 11 is 0. The SMILES string of the molecule is CC(C)(O)c1c2c(c(C(=O)O)c3c1OCC3)OCC2. The van der Waals surface area contributed by atoms with Gasteiger partial charge in [-0.15, -0.1) is 0 Å². The van der Waals surface area contributed by atoms with Crippen molar-refractivity contribution in [2.45, 2.75) is 32.3 Å². The number of hydrogen-bond donors (Lipinski definition) is 2. The summed E-state index contributed by atoms with van der Waals surface area (Å²) < 4.78 is 11.1. The average molecular weight is 264 g/mol. The molecule has 1 aromatic carbocycles. The topological polar surface area (TPSA) is 76.0 Å². The summed E-state index contributed by atoms with van der Waals surface area (Å²) in [7, 11) is 0. The van der Waals surface area contributed by atoms with Crippen molar-refractivity contribution >= 4 is 5.97 Å². The Morgan fingerprint density at radius 3 is 2.26 bits per heavy atom. The van der Waals surface area contributed by atoms with Gasteiger partial charge in [0.05, 0.1) is 18.8 Å². The molecule has 0 aromatic heterocycles. The van der Waals surface area contributed by atoms with Crippen molar-refractivity contribution < 1.29 is 24.5 Å². The zero-order valence-electron chi connectivity index (χ0n) is 10.9. The maximum atomic E-state index is 11.5. The highest BCUT2D eigenvalue weighted by Gasteiger charge is 2.38. The molecular formula is C14H16O5. The molecule has 0 saturated heterocycles. The van der Waals surface area contributed by atoms with Gasteiger partial charge in [0.2, 0.25) is 0 Å². The molecule has 0 fully saturated rings. The van der Waals surface area contributed by atoms with Gasteiger partial charge in [-0.25, -0.2) is 4.79 Å². The zero-order chi connectivity index (χ0) is 13.8. The van der Waals surface area contributed by atoms with Crippen LogP contribution in [0.2, 0.25) is 0 Å². The molecule has 0 radical (unpaired) electrons. The normalized spacial score (nSPS) is 16.6. The summed E-state index contributed by atoms with van der Waals surface area (Å²) in [5.41, 5.74) is 1.21. The molecular weight excluding hydrogens is 248 g/mol. The molecule has 5 heteroatoms. The molecule has 0 unspecified atom stereocenters. The van der Waals surface area contributed by atoms with Crippen LogP contribution in [0.4, 0.5) is 0 Å². The number of rotatable bonds is 2. The fourth-order valence-electron chi connectivity index (χ4n) is 2.98. The second kappa shape index (κ2) is 3.87. The summed E-state index contributed by atoms with van der Waals surface area (Å²) in [4.78, 5) is 11.5. The molecule has 2 aliphatic rings. The second-order valence-electron chi connectivity index (χ2n) is 5.43. The lowest BCUT2D eigenvalue weighted by atomic mass is 9.86. The van der Waals surface area contributed by atoms with Crippen molar-refractivity contribution in [3.8, 4) is 11.5 Å². The first kappa shape index (κ1) is 12.3. The minimum atomic E-state index is -1.08. The van der Waals surface area contributed by atoms with Gasteiger partial charge in [0.15, 0.2) is 0 Å². The fourth-order valence-corrected chi connectivity index (χ4v) is 2.98. The first-order valence-electron chi connectivity index (χ1n) is 6.34. The van der Waals surface area contributed by atoms with E-state index in [0.717, 1.165) is 5.56 Å². The summed E-state index contributed by atoms with van der Waals surface area (Å²) in [6, 6.07) is 0. The largest absolute Gasteiger partial charge is 0.493 e. The van der Waals surface area contributed by atoms with Gasteiger partial charge in [0.1, 0.15) is 17.1 Å². The lowest BCUT2D eigenvalue weighted by molar-refractivity contribution is 0.0683. The van der Waals surface area contributed by atoms with Crippen molar-refractivity contribution in [2.75, 3.05) is 13.2 Å². The molecule has 19 heavy (non-hydrogen) atoms. The van der Waals surface area contributed by atoms with Crippen LogP contribution < -0.4 is 9.47 Å². The Hall–Kier alpha value is -1.75. The highest BCUT2D eigenvalue weighted by molar-refractivity contribution is 5.95. The van der Waals surface area contributed by atoms with Gasteiger partial charge >= 0.3 is 5.97 Å². The molecule has 2 heterocycles. The van der Waals surface area contributed by atoms with E-state index in [0.29, 0.717) is 48.7 Å². The van der Waals surface area contributed by atoms with Crippen LogP contribution in [0, 0.1) is 0 Å². The minimum Gasteiger partial charge on any atom is -0.493 e. The van der Waals surface area contributed by atoms with Crippen LogP contribution in [0.25, 0.3) is 0 Å². The van der Waals surface area contributed by atoms with Crippen LogP contribution >= 0.6 is 0 Å². The molecule has 2 aliphatic heterocycles. The monoisotopic (exact) mass is 264 g/mol. The summed E-state index contributed by atoms with van der Waals surface area (Å²) in [6.45, 7) is 4.26. The fraction of sp³-hybridized carbons (Fsp3) is 0.500. The predicted molar refractivity (Wildman–Crippen MR) is 67.0 cm³/mol. The number of benzene rings is 1. The zero-order valence-corrected chi connectivity index (χ0v) is 10.9. The van der Waals surface area contributed by atoms with Crippen molar-refractivity contribution in [3.63, 3.8) is 0 Å². The van der Waals surface area contributed by atoms with Crippen molar-refractivity contribution in [2.24, 2.45) is 0 Å². The van der Waals surface area contributed by atoms with E-state index in [-0.39, 0.29) is 5.56 Å². The lowest BCUT2D eigenvalue weighted by Gasteiger charge is -2.24. The van der Waals surface area contributed by atoms with E-state index in [2.05, 4.69) is 0 Å². The number of carboxylic acids is 1. The Bertz CT molecular complexity index is 533. The Kier molecular flexibility index (Phi) is 2.50. The third-order valence-electron chi connectivity index (χ3n) is 3.63. The van der Waals surface area contributed by atoms with E-state index in [4.69, 9.17) is 9.47 Å². The van der Waals surface area contributed by atoms with Crippen LogP contribution in [-0.4, -0.2) is 29.4 Å². The molecule has 0 atom stereocenters. The Balaban J connectivity index is 2.38. The maximum absolute atomic E-state index is 11.5. The molecule has 2 N–H and O–H groups in total. The number of carboxylic acid groups (broad SMARTS) is 1. The Morgan fingerprint density at radius 2 is 1.68 bits per heavy atom. The van der Waals surface area contributed by atoms with Gasteiger partial charge in [0.25, 0.3) is 0 Å². The second-order valence-corrected chi connectivity index (χ2v) is 5.43. The van der Waals surface area contributed by atoms with Gasteiger partial charge in [0, 0.05) is 29.5 Å². The van der Waals surface area contributed by atoms with Gasteiger partial charge in [-0.3, -0.25) is 0 Å². The van der Waals surface area contributed by atoms with Crippen molar-refractivity contribution in [1.82, 2.24) is 0 Å². The standard InChI is InChI=1S/C14H16O5/c1-14(2,17)10-8-4-6-18-11(8)9(13(15)16)7-3-5-19-12(7)10/h17H,3-6H2,1-2H3,(H,15,16).